The second kappa shape index (κ2) is 4.93. The highest BCUT2D eigenvalue weighted by Crippen LogP contribution is 2.22. The van der Waals surface area contributed by atoms with Gasteiger partial charge in [-0.2, -0.15) is 10.1 Å². The predicted molar refractivity (Wildman–Crippen MR) is 83.8 cm³/mol. The zero-order chi connectivity index (χ0) is 13.4. The fraction of sp³-hybridized carbons (Fsp3) is 0.0833. The van der Waals surface area contributed by atoms with Crippen molar-refractivity contribution < 1.29 is 0 Å². The van der Waals surface area contributed by atoms with Crippen LogP contribution in [0.4, 0.5) is 11.6 Å². The van der Waals surface area contributed by atoms with Crippen molar-refractivity contribution in [3.05, 3.63) is 39.3 Å². The first kappa shape index (κ1) is 12.6. The van der Waals surface area contributed by atoms with E-state index >= 15 is 0 Å². The Bertz CT molecular complexity index is 755. The summed E-state index contributed by atoms with van der Waals surface area (Å²) in [5.41, 5.74) is 1.94. The van der Waals surface area contributed by atoms with Crippen LogP contribution in [0.15, 0.2) is 30.6 Å². The van der Waals surface area contributed by atoms with Crippen molar-refractivity contribution >= 4 is 56.7 Å². The summed E-state index contributed by atoms with van der Waals surface area (Å²) in [6.45, 7) is 0. The van der Waals surface area contributed by atoms with E-state index in [9.17, 15) is 0 Å². The van der Waals surface area contributed by atoms with E-state index in [1.54, 1.807) is 6.20 Å². The summed E-state index contributed by atoms with van der Waals surface area (Å²) in [5, 5.41) is 8.87. The number of aryl methyl sites for hydroxylation is 1. The maximum Gasteiger partial charge on any atom is 0.228 e. The van der Waals surface area contributed by atoms with Gasteiger partial charge in [0.15, 0.2) is 0 Å². The first-order valence-electron chi connectivity index (χ1n) is 5.50. The summed E-state index contributed by atoms with van der Waals surface area (Å²) in [6.07, 6.45) is 3.51. The van der Waals surface area contributed by atoms with Crippen molar-refractivity contribution in [3.8, 4) is 0 Å². The molecule has 1 N–H and O–H groups in total. The Kier molecular flexibility index (Phi) is 3.28. The van der Waals surface area contributed by atoms with Gasteiger partial charge in [0.1, 0.15) is 5.15 Å². The van der Waals surface area contributed by atoms with Crippen LogP contribution in [-0.4, -0.2) is 19.7 Å². The summed E-state index contributed by atoms with van der Waals surface area (Å²) in [4.78, 5) is 8.36. The zero-order valence-corrected chi connectivity index (χ0v) is 12.8. The van der Waals surface area contributed by atoms with E-state index in [0.717, 1.165) is 20.2 Å². The molecule has 0 unspecified atom stereocenters. The molecular weight excluding hydrogens is 377 g/mol. The van der Waals surface area contributed by atoms with Crippen molar-refractivity contribution in [2.45, 2.75) is 0 Å². The Balaban J connectivity index is 1.95. The van der Waals surface area contributed by atoms with Gasteiger partial charge in [0.05, 0.1) is 15.3 Å². The van der Waals surface area contributed by atoms with Gasteiger partial charge in [-0.15, -0.1) is 0 Å². The normalized spacial score (nSPS) is 10.9. The lowest BCUT2D eigenvalue weighted by Crippen LogP contribution is -1.98. The maximum atomic E-state index is 5.97. The molecule has 3 rings (SSSR count). The first-order valence-corrected chi connectivity index (χ1v) is 6.96. The monoisotopic (exact) mass is 385 g/mol. The average Bonchev–Trinajstić information content (AvgIpc) is 2.76. The highest BCUT2D eigenvalue weighted by atomic mass is 127. The fourth-order valence-corrected chi connectivity index (χ4v) is 2.15. The molecule has 96 valence electrons. The Labute approximate surface area is 128 Å². The number of aromatic nitrogens is 4. The van der Waals surface area contributed by atoms with Gasteiger partial charge >= 0.3 is 0 Å². The topological polar surface area (TPSA) is 55.6 Å². The predicted octanol–water partition coefficient (Wildman–Crippen LogP) is 3.36. The number of benzene rings is 1. The minimum atomic E-state index is 0.444. The summed E-state index contributed by atoms with van der Waals surface area (Å²) in [6, 6.07) is 5.95. The molecule has 0 aliphatic rings. The van der Waals surface area contributed by atoms with E-state index in [-0.39, 0.29) is 0 Å². The third-order valence-electron chi connectivity index (χ3n) is 2.71. The van der Waals surface area contributed by atoms with E-state index in [4.69, 9.17) is 11.6 Å². The number of halogens is 2. The highest BCUT2D eigenvalue weighted by molar-refractivity contribution is 14.1. The smallest absolute Gasteiger partial charge is 0.228 e. The molecule has 0 bridgehead atoms. The van der Waals surface area contributed by atoms with Gasteiger partial charge in [-0.25, -0.2) is 4.98 Å². The zero-order valence-electron chi connectivity index (χ0n) is 9.93. The minimum absolute atomic E-state index is 0.444. The number of nitrogens with one attached hydrogen (secondary N) is 1. The first-order chi connectivity index (χ1) is 9.13. The van der Waals surface area contributed by atoms with Crippen LogP contribution in [0.3, 0.4) is 0 Å². The quantitative estimate of drug-likeness (QED) is 0.543. The summed E-state index contributed by atoms with van der Waals surface area (Å²) < 4.78 is 2.65. The van der Waals surface area contributed by atoms with E-state index in [1.165, 1.54) is 0 Å². The fourth-order valence-electron chi connectivity index (χ4n) is 1.76. The van der Waals surface area contributed by atoms with Crippen molar-refractivity contribution in [2.24, 2.45) is 7.05 Å². The molecule has 1 aromatic carbocycles. The third-order valence-corrected chi connectivity index (χ3v) is 4.10. The lowest BCUT2D eigenvalue weighted by molar-refractivity contribution is 0.797. The molecule has 19 heavy (non-hydrogen) atoms. The van der Waals surface area contributed by atoms with Gasteiger partial charge in [0.2, 0.25) is 5.95 Å². The van der Waals surface area contributed by atoms with Crippen molar-refractivity contribution in [3.63, 3.8) is 0 Å². The molecule has 0 aliphatic heterocycles. The number of fused-ring (bicyclic) bond motifs is 1. The van der Waals surface area contributed by atoms with Crippen molar-refractivity contribution in [1.29, 1.82) is 0 Å². The summed E-state index contributed by atoms with van der Waals surface area (Å²) >= 11 is 8.06. The molecule has 0 atom stereocenters. The Hall–Kier alpha value is -1.41. The van der Waals surface area contributed by atoms with Gasteiger partial charge in [0, 0.05) is 24.3 Å². The molecule has 3 aromatic rings. The maximum absolute atomic E-state index is 5.97. The van der Waals surface area contributed by atoms with Gasteiger partial charge in [-0.1, -0.05) is 11.6 Å². The Morgan fingerprint density at radius 3 is 2.95 bits per heavy atom. The van der Waals surface area contributed by atoms with E-state index < -0.39 is 0 Å². The van der Waals surface area contributed by atoms with Crippen LogP contribution in [0.5, 0.6) is 0 Å². The van der Waals surface area contributed by atoms with Crippen LogP contribution in [0.25, 0.3) is 10.9 Å². The molecule has 0 saturated heterocycles. The van der Waals surface area contributed by atoms with E-state index in [2.05, 4.69) is 43.0 Å². The molecule has 2 heterocycles. The Morgan fingerprint density at radius 1 is 1.32 bits per heavy atom. The van der Waals surface area contributed by atoms with Crippen molar-refractivity contribution in [2.75, 3.05) is 5.32 Å². The number of hydrogen-bond acceptors (Lipinski definition) is 4. The molecule has 0 saturated carbocycles. The number of anilines is 2. The van der Waals surface area contributed by atoms with Crippen molar-refractivity contribution in [1.82, 2.24) is 19.7 Å². The van der Waals surface area contributed by atoms with Crippen LogP contribution in [-0.2, 0) is 7.05 Å². The second-order valence-electron chi connectivity index (χ2n) is 4.00. The van der Waals surface area contributed by atoms with Crippen LogP contribution in [0, 0.1) is 3.57 Å². The lowest BCUT2D eigenvalue weighted by atomic mass is 10.2. The van der Waals surface area contributed by atoms with Gasteiger partial charge in [-0.05, 0) is 40.8 Å². The number of hydrogen-bond donors (Lipinski definition) is 1. The SMILES string of the molecule is Cn1ncc2ccc(Nc3ncc(I)c(Cl)n3)cc21. The van der Waals surface area contributed by atoms with Crippen LogP contribution < -0.4 is 5.32 Å². The summed E-state index contributed by atoms with van der Waals surface area (Å²) in [7, 11) is 1.91. The average molecular weight is 386 g/mol. The standard InChI is InChI=1S/C12H9ClIN5/c1-19-10-4-8(3-2-7(10)5-16-19)17-12-15-6-9(14)11(13)18-12/h2-6H,1H3,(H,15,17,18). The Morgan fingerprint density at radius 2 is 2.16 bits per heavy atom. The summed E-state index contributed by atoms with van der Waals surface area (Å²) in [5.74, 6) is 0.479. The molecule has 0 amide bonds. The van der Waals surface area contributed by atoms with Gasteiger partial charge < -0.3 is 5.32 Å². The van der Waals surface area contributed by atoms with Gasteiger partial charge in [0.25, 0.3) is 0 Å². The minimum Gasteiger partial charge on any atom is -0.324 e. The van der Waals surface area contributed by atoms with Crippen LogP contribution in [0.2, 0.25) is 5.15 Å². The highest BCUT2D eigenvalue weighted by Gasteiger charge is 2.05. The number of nitrogens with zero attached hydrogens (tertiary/aromatic N) is 4. The van der Waals surface area contributed by atoms with Crippen LogP contribution in [0.1, 0.15) is 0 Å². The molecule has 7 heteroatoms. The molecule has 0 spiro atoms. The number of rotatable bonds is 2. The second-order valence-corrected chi connectivity index (χ2v) is 5.52. The van der Waals surface area contributed by atoms with Crippen LogP contribution >= 0.6 is 34.2 Å². The van der Waals surface area contributed by atoms with Gasteiger partial charge in [-0.3, -0.25) is 4.68 Å². The molecule has 0 fully saturated rings. The van der Waals surface area contributed by atoms with E-state index in [1.807, 2.05) is 36.1 Å². The lowest BCUT2D eigenvalue weighted by Gasteiger charge is -2.06. The van der Waals surface area contributed by atoms with E-state index in [0.29, 0.717) is 11.1 Å². The molecule has 5 nitrogen and oxygen atoms in total. The molecule has 2 aromatic heterocycles. The largest absolute Gasteiger partial charge is 0.324 e. The third kappa shape index (κ3) is 2.50. The molecular formula is C12H9ClIN5. The molecule has 0 aliphatic carbocycles. The molecule has 0 radical (unpaired) electrons.